The quantitative estimate of drug-likeness (QED) is 0.831. The van der Waals surface area contributed by atoms with Crippen LogP contribution in [0.15, 0.2) is 18.2 Å². The Labute approximate surface area is 102 Å². The summed E-state index contributed by atoms with van der Waals surface area (Å²) in [6.45, 7) is 4.30. The zero-order chi connectivity index (χ0) is 11.5. The van der Waals surface area contributed by atoms with Gasteiger partial charge in [-0.1, -0.05) is 24.6 Å². The molecule has 1 aromatic rings. The molecular formula is C13H18ClNO. The zero-order valence-electron chi connectivity index (χ0n) is 9.54. The molecule has 0 radical (unpaired) electrons. The largest absolute Gasteiger partial charge is 0.508 e. The van der Waals surface area contributed by atoms with Gasteiger partial charge in [-0.2, -0.15) is 0 Å². The van der Waals surface area contributed by atoms with Gasteiger partial charge in [0, 0.05) is 10.6 Å². The Hall–Kier alpha value is -0.730. The predicted molar refractivity (Wildman–Crippen MR) is 67.1 cm³/mol. The Morgan fingerprint density at radius 2 is 2.06 bits per heavy atom. The third-order valence-corrected chi connectivity index (χ3v) is 3.91. The van der Waals surface area contributed by atoms with Crippen molar-refractivity contribution in [1.29, 1.82) is 0 Å². The first-order valence-corrected chi connectivity index (χ1v) is 6.26. The Kier molecular flexibility index (Phi) is 3.72. The smallest absolute Gasteiger partial charge is 0.120 e. The average Bonchev–Trinajstić information content (AvgIpc) is 2.30. The zero-order valence-corrected chi connectivity index (χ0v) is 10.3. The summed E-state index contributed by atoms with van der Waals surface area (Å²) in [6.07, 6.45) is 2.32. The monoisotopic (exact) mass is 239 g/mol. The Bertz CT molecular complexity index is 341. The van der Waals surface area contributed by atoms with Crippen LogP contribution in [0.4, 0.5) is 0 Å². The van der Waals surface area contributed by atoms with Crippen LogP contribution in [0, 0.1) is 5.92 Å². The lowest BCUT2D eigenvalue weighted by Gasteiger charge is -2.29. The van der Waals surface area contributed by atoms with Gasteiger partial charge in [0.1, 0.15) is 5.75 Å². The maximum atomic E-state index is 9.89. The van der Waals surface area contributed by atoms with E-state index in [9.17, 15) is 5.11 Å². The highest BCUT2D eigenvalue weighted by Crippen LogP contribution is 2.39. The molecule has 2 nitrogen and oxygen atoms in total. The number of phenols is 1. The fourth-order valence-corrected chi connectivity index (χ4v) is 2.90. The number of hydrogen-bond donors (Lipinski definition) is 2. The maximum absolute atomic E-state index is 9.89. The van der Waals surface area contributed by atoms with E-state index in [1.165, 1.54) is 0 Å². The van der Waals surface area contributed by atoms with Gasteiger partial charge < -0.3 is 10.4 Å². The molecule has 1 atom stereocenters. The fourth-order valence-electron chi connectivity index (χ4n) is 2.56. The van der Waals surface area contributed by atoms with Crippen molar-refractivity contribution in [2.24, 2.45) is 5.92 Å². The average molecular weight is 240 g/mol. The second-order valence-corrected chi connectivity index (χ2v) is 4.96. The first-order chi connectivity index (χ1) is 7.70. The standard InChI is InChI=1S/C13H18ClNO/c1-9(10-5-7-15-8-6-10)13-11(14)3-2-4-12(13)16/h2-4,9-10,15-16H,5-8H2,1H3. The summed E-state index contributed by atoms with van der Waals surface area (Å²) < 4.78 is 0. The number of aromatic hydroxyl groups is 1. The molecule has 3 heteroatoms. The molecule has 0 aromatic heterocycles. The lowest BCUT2D eigenvalue weighted by atomic mass is 9.81. The molecule has 0 spiro atoms. The van der Waals surface area contributed by atoms with E-state index in [0.29, 0.717) is 22.6 Å². The number of piperidine rings is 1. The number of nitrogens with one attached hydrogen (secondary N) is 1. The predicted octanol–water partition coefficient (Wildman–Crippen LogP) is 3.15. The highest BCUT2D eigenvalue weighted by atomic mass is 35.5. The van der Waals surface area contributed by atoms with E-state index in [-0.39, 0.29) is 0 Å². The van der Waals surface area contributed by atoms with Crippen LogP contribution in [0.5, 0.6) is 5.75 Å². The van der Waals surface area contributed by atoms with E-state index in [4.69, 9.17) is 11.6 Å². The van der Waals surface area contributed by atoms with Crippen molar-refractivity contribution in [3.05, 3.63) is 28.8 Å². The van der Waals surface area contributed by atoms with Gasteiger partial charge in [0.2, 0.25) is 0 Å². The van der Waals surface area contributed by atoms with Crippen molar-refractivity contribution in [2.75, 3.05) is 13.1 Å². The number of phenolic OH excluding ortho intramolecular Hbond substituents is 1. The van der Waals surface area contributed by atoms with Gasteiger partial charge in [-0.25, -0.2) is 0 Å². The summed E-state index contributed by atoms with van der Waals surface area (Å²) in [6, 6.07) is 5.36. The van der Waals surface area contributed by atoms with Gasteiger partial charge in [-0.05, 0) is 49.9 Å². The van der Waals surface area contributed by atoms with Gasteiger partial charge in [0.15, 0.2) is 0 Å². The van der Waals surface area contributed by atoms with Crippen molar-refractivity contribution < 1.29 is 5.11 Å². The summed E-state index contributed by atoms with van der Waals surface area (Å²) in [5.41, 5.74) is 0.913. The second-order valence-electron chi connectivity index (χ2n) is 4.55. The molecule has 2 rings (SSSR count). The normalized spacial score (nSPS) is 19.6. The molecule has 88 valence electrons. The molecule has 1 heterocycles. The molecule has 16 heavy (non-hydrogen) atoms. The van der Waals surface area contributed by atoms with Crippen molar-refractivity contribution in [3.8, 4) is 5.75 Å². The van der Waals surface area contributed by atoms with Crippen LogP contribution in [-0.4, -0.2) is 18.2 Å². The number of hydrogen-bond acceptors (Lipinski definition) is 2. The van der Waals surface area contributed by atoms with Crippen molar-refractivity contribution >= 4 is 11.6 Å². The lowest BCUT2D eigenvalue weighted by Crippen LogP contribution is -2.30. The molecular weight excluding hydrogens is 222 g/mol. The van der Waals surface area contributed by atoms with Crippen LogP contribution < -0.4 is 5.32 Å². The van der Waals surface area contributed by atoms with Gasteiger partial charge in [0.05, 0.1) is 0 Å². The van der Waals surface area contributed by atoms with Crippen LogP contribution in [0.1, 0.15) is 31.2 Å². The summed E-state index contributed by atoms with van der Waals surface area (Å²) in [7, 11) is 0. The van der Waals surface area contributed by atoms with Gasteiger partial charge in [-0.15, -0.1) is 0 Å². The number of benzene rings is 1. The van der Waals surface area contributed by atoms with E-state index in [2.05, 4.69) is 12.2 Å². The molecule has 1 aliphatic heterocycles. The van der Waals surface area contributed by atoms with Crippen LogP contribution >= 0.6 is 11.6 Å². The Morgan fingerprint density at radius 1 is 1.38 bits per heavy atom. The minimum Gasteiger partial charge on any atom is -0.508 e. The van der Waals surface area contributed by atoms with E-state index in [1.807, 2.05) is 6.07 Å². The summed E-state index contributed by atoms with van der Waals surface area (Å²) >= 11 is 6.17. The first kappa shape index (κ1) is 11.7. The van der Waals surface area contributed by atoms with Crippen molar-refractivity contribution in [3.63, 3.8) is 0 Å². The third-order valence-electron chi connectivity index (χ3n) is 3.58. The van der Waals surface area contributed by atoms with Crippen LogP contribution in [-0.2, 0) is 0 Å². The molecule has 0 bridgehead atoms. The highest BCUT2D eigenvalue weighted by Gasteiger charge is 2.24. The lowest BCUT2D eigenvalue weighted by molar-refractivity contribution is 0.324. The highest BCUT2D eigenvalue weighted by molar-refractivity contribution is 6.31. The van der Waals surface area contributed by atoms with Crippen molar-refractivity contribution in [1.82, 2.24) is 5.32 Å². The minimum atomic E-state index is 0.329. The van der Waals surface area contributed by atoms with Gasteiger partial charge >= 0.3 is 0 Å². The molecule has 1 saturated heterocycles. The van der Waals surface area contributed by atoms with Crippen molar-refractivity contribution in [2.45, 2.75) is 25.7 Å². The number of rotatable bonds is 2. The summed E-state index contributed by atoms with van der Waals surface area (Å²) in [5, 5.41) is 13.9. The Balaban J connectivity index is 2.22. The SMILES string of the molecule is CC(c1c(O)cccc1Cl)C1CCNCC1. The molecule has 1 fully saturated rings. The van der Waals surface area contributed by atoms with E-state index < -0.39 is 0 Å². The molecule has 0 amide bonds. The van der Waals surface area contributed by atoms with Gasteiger partial charge in [-0.3, -0.25) is 0 Å². The van der Waals surface area contributed by atoms with E-state index in [0.717, 1.165) is 31.5 Å². The summed E-state index contributed by atoms with van der Waals surface area (Å²) in [5.74, 6) is 1.28. The first-order valence-electron chi connectivity index (χ1n) is 5.88. The fraction of sp³-hybridized carbons (Fsp3) is 0.538. The molecule has 0 saturated carbocycles. The topological polar surface area (TPSA) is 32.3 Å². The molecule has 2 N–H and O–H groups in total. The van der Waals surface area contributed by atoms with E-state index >= 15 is 0 Å². The van der Waals surface area contributed by atoms with E-state index in [1.54, 1.807) is 12.1 Å². The second kappa shape index (κ2) is 5.07. The Morgan fingerprint density at radius 3 is 2.69 bits per heavy atom. The molecule has 1 unspecified atom stereocenters. The third kappa shape index (κ3) is 2.33. The minimum absolute atomic E-state index is 0.329. The van der Waals surface area contributed by atoms with Crippen LogP contribution in [0.3, 0.4) is 0 Å². The molecule has 1 aliphatic rings. The number of halogens is 1. The van der Waals surface area contributed by atoms with Crippen LogP contribution in [0.2, 0.25) is 5.02 Å². The van der Waals surface area contributed by atoms with Gasteiger partial charge in [0.25, 0.3) is 0 Å². The summed E-state index contributed by atoms with van der Waals surface area (Å²) in [4.78, 5) is 0. The molecule has 1 aromatic carbocycles. The van der Waals surface area contributed by atoms with Crippen LogP contribution in [0.25, 0.3) is 0 Å². The maximum Gasteiger partial charge on any atom is 0.120 e. The molecule has 0 aliphatic carbocycles.